The molecular weight excluding hydrogens is 270 g/mol. The van der Waals surface area contributed by atoms with Crippen molar-refractivity contribution in [1.82, 2.24) is 24.9 Å². The number of aryl methyl sites for hydroxylation is 1. The third-order valence-corrected chi connectivity index (χ3v) is 3.05. The Balaban J connectivity index is 1.94. The fourth-order valence-electron chi connectivity index (χ4n) is 2.17. The van der Waals surface area contributed by atoms with E-state index in [-0.39, 0.29) is 5.69 Å². The van der Waals surface area contributed by atoms with Crippen LogP contribution in [0, 0.1) is 6.92 Å². The Hall–Kier alpha value is -2.67. The van der Waals surface area contributed by atoms with Crippen molar-refractivity contribution >= 4 is 5.65 Å². The van der Waals surface area contributed by atoms with Crippen molar-refractivity contribution in [3.05, 3.63) is 52.2 Å². The van der Waals surface area contributed by atoms with Gasteiger partial charge in [0.2, 0.25) is 5.88 Å². The number of ether oxygens (including phenoxy) is 1. The van der Waals surface area contributed by atoms with Crippen LogP contribution < -0.4 is 15.7 Å². The standard InChI is InChI=1S/C14H15N5O2/c1-9-16-13(7-12-17-18-14(20)19(9)12)21-11-5-3-4-10(6-11)8-15-2/h3-7,15H,8H2,1-2H3,(H,18,20). The molecule has 0 bridgehead atoms. The number of benzene rings is 1. The Labute approximate surface area is 120 Å². The van der Waals surface area contributed by atoms with E-state index in [1.54, 1.807) is 13.0 Å². The minimum atomic E-state index is -0.308. The van der Waals surface area contributed by atoms with Crippen LogP contribution in [0.2, 0.25) is 0 Å². The smallest absolute Gasteiger partial charge is 0.349 e. The van der Waals surface area contributed by atoms with E-state index in [4.69, 9.17) is 4.74 Å². The Morgan fingerprint density at radius 3 is 3.05 bits per heavy atom. The van der Waals surface area contributed by atoms with E-state index in [1.807, 2.05) is 31.3 Å². The molecule has 21 heavy (non-hydrogen) atoms. The van der Waals surface area contributed by atoms with Crippen LogP contribution in [0.15, 0.2) is 35.1 Å². The number of fused-ring (bicyclic) bond motifs is 1. The molecular formula is C14H15N5O2. The molecule has 7 heteroatoms. The van der Waals surface area contributed by atoms with Crippen molar-refractivity contribution in [3.8, 4) is 11.6 Å². The monoisotopic (exact) mass is 285 g/mol. The van der Waals surface area contributed by atoms with Crippen LogP contribution in [0.3, 0.4) is 0 Å². The molecule has 0 atom stereocenters. The van der Waals surface area contributed by atoms with E-state index >= 15 is 0 Å². The zero-order valence-electron chi connectivity index (χ0n) is 11.8. The van der Waals surface area contributed by atoms with E-state index in [0.717, 1.165) is 12.1 Å². The second kappa shape index (κ2) is 5.37. The third-order valence-electron chi connectivity index (χ3n) is 3.05. The van der Waals surface area contributed by atoms with Gasteiger partial charge in [-0.2, -0.15) is 10.1 Å². The molecule has 0 aliphatic carbocycles. The van der Waals surface area contributed by atoms with Gasteiger partial charge in [0.1, 0.15) is 11.6 Å². The van der Waals surface area contributed by atoms with Crippen LogP contribution in [0.4, 0.5) is 0 Å². The highest BCUT2D eigenvalue weighted by molar-refractivity contribution is 5.42. The fraction of sp³-hybridized carbons (Fsp3) is 0.214. The van der Waals surface area contributed by atoms with Gasteiger partial charge in [0.05, 0.1) is 0 Å². The lowest BCUT2D eigenvalue weighted by molar-refractivity contribution is 0.459. The molecule has 0 unspecified atom stereocenters. The number of hydrogen-bond donors (Lipinski definition) is 2. The van der Waals surface area contributed by atoms with Gasteiger partial charge in [-0.15, -0.1) is 0 Å². The molecule has 0 fully saturated rings. The first-order valence-electron chi connectivity index (χ1n) is 6.53. The lowest BCUT2D eigenvalue weighted by Crippen LogP contribution is -2.13. The number of nitrogens with zero attached hydrogens (tertiary/aromatic N) is 3. The van der Waals surface area contributed by atoms with Crippen molar-refractivity contribution in [2.75, 3.05) is 7.05 Å². The van der Waals surface area contributed by atoms with Crippen molar-refractivity contribution in [1.29, 1.82) is 0 Å². The number of hydrogen-bond acceptors (Lipinski definition) is 5. The summed E-state index contributed by atoms with van der Waals surface area (Å²) in [6, 6.07) is 9.35. The van der Waals surface area contributed by atoms with E-state index in [9.17, 15) is 4.79 Å². The third kappa shape index (κ3) is 2.63. The van der Waals surface area contributed by atoms with E-state index in [1.165, 1.54) is 4.40 Å². The quantitative estimate of drug-likeness (QED) is 0.753. The molecule has 2 N–H and O–H groups in total. The zero-order valence-corrected chi connectivity index (χ0v) is 11.8. The maximum atomic E-state index is 11.5. The molecule has 0 radical (unpaired) electrons. The molecule has 3 rings (SSSR count). The van der Waals surface area contributed by atoms with Gasteiger partial charge in [0, 0.05) is 12.6 Å². The average molecular weight is 285 g/mol. The Morgan fingerprint density at radius 1 is 1.38 bits per heavy atom. The maximum Gasteiger partial charge on any atom is 0.349 e. The predicted molar refractivity (Wildman–Crippen MR) is 77.6 cm³/mol. The lowest BCUT2D eigenvalue weighted by atomic mass is 10.2. The van der Waals surface area contributed by atoms with E-state index in [0.29, 0.717) is 23.1 Å². The summed E-state index contributed by atoms with van der Waals surface area (Å²) in [5.74, 6) is 1.62. The van der Waals surface area contributed by atoms with Gasteiger partial charge in [0.25, 0.3) is 0 Å². The van der Waals surface area contributed by atoms with Crippen LogP contribution in [-0.4, -0.2) is 26.6 Å². The Morgan fingerprint density at radius 2 is 2.24 bits per heavy atom. The first-order chi connectivity index (χ1) is 10.2. The Kier molecular flexibility index (Phi) is 3.41. The predicted octanol–water partition coefficient (Wildman–Crippen LogP) is 1.24. The van der Waals surface area contributed by atoms with Gasteiger partial charge in [0.15, 0.2) is 5.65 Å². The molecule has 0 aliphatic heterocycles. The summed E-state index contributed by atoms with van der Waals surface area (Å²) in [5.41, 5.74) is 1.29. The molecule has 0 amide bonds. The highest BCUT2D eigenvalue weighted by atomic mass is 16.5. The first kappa shape index (κ1) is 13.3. The average Bonchev–Trinajstić information content (AvgIpc) is 2.81. The second-order valence-corrected chi connectivity index (χ2v) is 4.64. The molecule has 0 aliphatic rings. The Bertz CT molecular complexity index is 837. The molecule has 3 aromatic rings. The van der Waals surface area contributed by atoms with Gasteiger partial charge in [-0.25, -0.2) is 14.3 Å². The van der Waals surface area contributed by atoms with Crippen LogP contribution in [0.25, 0.3) is 5.65 Å². The summed E-state index contributed by atoms with van der Waals surface area (Å²) in [6.07, 6.45) is 0. The van der Waals surface area contributed by atoms with Crippen molar-refractivity contribution < 1.29 is 4.74 Å². The highest BCUT2D eigenvalue weighted by Gasteiger charge is 2.08. The first-order valence-corrected chi connectivity index (χ1v) is 6.53. The normalized spacial score (nSPS) is 11.0. The molecule has 108 valence electrons. The molecule has 2 heterocycles. The van der Waals surface area contributed by atoms with Crippen LogP contribution in [0.5, 0.6) is 11.6 Å². The highest BCUT2D eigenvalue weighted by Crippen LogP contribution is 2.21. The molecule has 7 nitrogen and oxygen atoms in total. The number of H-pyrrole nitrogens is 1. The minimum absolute atomic E-state index is 0.308. The van der Waals surface area contributed by atoms with E-state index in [2.05, 4.69) is 20.5 Å². The zero-order chi connectivity index (χ0) is 14.8. The summed E-state index contributed by atoms with van der Waals surface area (Å²) >= 11 is 0. The molecule has 2 aromatic heterocycles. The summed E-state index contributed by atoms with van der Waals surface area (Å²) < 4.78 is 7.15. The van der Waals surface area contributed by atoms with Gasteiger partial charge in [-0.3, -0.25) is 0 Å². The van der Waals surface area contributed by atoms with Crippen molar-refractivity contribution in [2.45, 2.75) is 13.5 Å². The van der Waals surface area contributed by atoms with Gasteiger partial charge in [-0.1, -0.05) is 12.1 Å². The van der Waals surface area contributed by atoms with Crippen LogP contribution in [0.1, 0.15) is 11.4 Å². The lowest BCUT2D eigenvalue weighted by Gasteiger charge is -2.08. The largest absolute Gasteiger partial charge is 0.439 e. The number of aromatic nitrogens is 4. The topological polar surface area (TPSA) is 84.3 Å². The SMILES string of the molecule is CNCc1cccc(Oc2cc3n[nH]c(=O)n3c(C)n2)c1. The molecule has 1 aromatic carbocycles. The van der Waals surface area contributed by atoms with Gasteiger partial charge >= 0.3 is 5.69 Å². The van der Waals surface area contributed by atoms with Crippen LogP contribution >= 0.6 is 0 Å². The maximum absolute atomic E-state index is 11.5. The van der Waals surface area contributed by atoms with Crippen molar-refractivity contribution in [2.24, 2.45) is 0 Å². The summed E-state index contributed by atoms with van der Waals surface area (Å²) in [6.45, 7) is 2.49. The summed E-state index contributed by atoms with van der Waals surface area (Å²) in [4.78, 5) is 15.8. The number of nitrogens with one attached hydrogen (secondary N) is 2. The minimum Gasteiger partial charge on any atom is -0.439 e. The summed E-state index contributed by atoms with van der Waals surface area (Å²) in [7, 11) is 1.89. The van der Waals surface area contributed by atoms with Gasteiger partial charge < -0.3 is 10.1 Å². The molecule has 0 saturated carbocycles. The van der Waals surface area contributed by atoms with E-state index < -0.39 is 0 Å². The molecule has 0 saturated heterocycles. The summed E-state index contributed by atoms with van der Waals surface area (Å²) in [5, 5.41) is 9.40. The number of aromatic amines is 1. The second-order valence-electron chi connectivity index (χ2n) is 4.64. The number of rotatable bonds is 4. The van der Waals surface area contributed by atoms with Crippen molar-refractivity contribution in [3.63, 3.8) is 0 Å². The van der Waals surface area contributed by atoms with Crippen LogP contribution in [-0.2, 0) is 6.54 Å². The molecule has 0 spiro atoms. The fourth-order valence-corrected chi connectivity index (χ4v) is 2.17. The van der Waals surface area contributed by atoms with Gasteiger partial charge in [-0.05, 0) is 31.7 Å².